The van der Waals surface area contributed by atoms with Crippen LogP contribution in [0.15, 0.2) is 53.4 Å². The fraction of sp³-hybridized carbons (Fsp3) is 0.278. The molecule has 0 bridgehead atoms. The van der Waals surface area contributed by atoms with E-state index < -0.39 is 15.8 Å². The number of carbonyl (C=O) groups excluding carboxylic acids is 1. The number of anilines is 1. The summed E-state index contributed by atoms with van der Waals surface area (Å²) in [6.07, 6.45) is 0.764. The lowest BCUT2D eigenvalue weighted by atomic mass is 10.2. The predicted octanol–water partition coefficient (Wildman–Crippen LogP) is 3.18. The van der Waals surface area contributed by atoms with Gasteiger partial charge in [0.2, 0.25) is 0 Å². The molecule has 5 nitrogen and oxygen atoms in total. The molecule has 1 N–H and O–H groups in total. The highest BCUT2D eigenvalue weighted by atomic mass is 32.2. The second kappa shape index (κ2) is 7.65. The third-order valence-corrected chi connectivity index (χ3v) is 5.70. The molecule has 2 aromatic rings. The van der Waals surface area contributed by atoms with Gasteiger partial charge in [0, 0.05) is 18.7 Å². The SMILES string of the molecule is CC[C@@H](C)NC(=O)c1cccc(S(=O)(=O)N(C)c2ccccc2F)c1. The van der Waals surface area contributed by atoms with Crippen LogP contribution >= 0.6 is 0 Å². The summed E-state index contributed by atoms with van der Waals surface area (Å²) >= 11 is 0. The van der Waals surface area contributed by atoms with Crippen molar-refractivity contribution in [1.82, 2.24) is 5.32 Å². The summed E-state index contributed by atoms with van der Waals surface area (Å²) < 4.78 is 40.3. The van der Waals surface area contributed by atoms with Gasteiger partial charge in [0.15, 0.2) is 0 Å². The van der Waals surface area contributed by atoms with Gasteiger partial charge in [-0.3, -0.25) is 9.10 Å². The highest BCUT2D eigenvalue weighted by Crippen LogP contribution is 2.25. The highest BCUT2D eigenvalue weighted by Gasteiger charge is 2.24. The van der Waals surface area contributed by atoms with E-state index >= 15 is 0 Å². The Labute approximate surface area is 147 Å². The third kappa shape index (κ3) is 4.17. The van der Waals surface area contributed by atoms with Crippen LogP contribution in [-0.2, 0) is 10.0 Å². The Morgan fingerprint density at radius 3 is 2.52 bits per heavy atom. The van der Waals surface area contributed by atoms with Gasteiger partial charge in [0.1, 0.15) is 5.82 Å². The molecule has 0 aliphatic carbocycles. The van der Waals surface area contributed by atoms with Crippen molar-refractivity contribution in [3.05, 3.63) is 59.9 Å². The van der Waals surface area contributed by atoms with Gasteiger partial charge in [-0.1, -0.05) is 25.1 Å². The number of para-hydroxylation sites is 1. The van der Waals surface area contributed by atoms with Crippen molar-refractivity contribution < 1.29 is 17.6 Å². The van der Waals surface area contributed by atoms with Gasteiger partial charge in [-0.25, -0.2) is 12.8 Å². The Hall–Kier alpha value is -2.41. The van der Waals surface area contributed by atoms with Crippen molar-refractivity contribution in [2.75, 3.05) is 11.4 Å². The summed E-state index contributed by atoms with van der Waals surface area (Å²) in [4.78, 5) is 12.1. The minimum Gasteiger partial charge on any atom is -0.350 e. The largest absolute Gasteiger partial charge is 0.350 e. The van der Waals surface area contributed by atoms with Gasteiger partial charge in [-0.2, -0.15) is 0 Å². The Morgan fingerprint density at radius 2 is 1.88 bits per heavy atom. The summed E-state index contributed by atoms with van der Waals surface area (Å²) in [6.45, 7) is 3.81. The zero-order valence-electron chi connectivity index (χ0n) is 14.4. The van der Waals surface area contributed by atoms with Gasteiger partial charge in [-0.15, -0.1) is 0 Å². The first kappa shape index (κ1) is 18.9. The van der Waals surface area contributed by atoms with E-state index in [0.29, 0.717) is 0 Å². The van der Waals surface area contributed by atoms with E-state index in [1.165, 1.54) is 43.4 Å². The molecule has 1 amide bonds. The molecule has 0 heterocycles. The van der Waals surface area contributed by atoms with Crippen LogP contribution < -0.4 is 9.62 Å². The first-order valence-electron chi connectivity index (χ1n) is 7.91. The highest BCUT2D eigenvalue weighted by molar-refractivity contribution is 7.92. The second-order valence-corrected chi connectivity index (χ2v) is 7.70. The first-order valence-corrected chi connectivity index (χ1v) is 9.35. The van der Waals surface area contributed by atoms with Crippen LogP contribution in [0.5, 0.6) is 0 Å². The number of hydrogen-bond donors (Lipinski definition) is 1. The maximum absolute atomic E-state index is 13.9. The number of amides is 1. The first-order chi connectivity index (χ1) is 11.8. The maximum Gasteiger partial charge on any atom is 0.264 e. The number of benzene rings is 2. The summed E-state index contributed by atoms with van der Waals surface area (Å²) in [5.41, 5.74) is 0.181. The molecule has 0 saturated carbocycles. The monoisotopic (exact) mass is 364 g/mol. The van der Waals surface area contributed by atoms with Gasteiger partial charge >= 0.3 is 0 Å². The summed E-state index contributed by atoms with van der Waals surface area (Å²) in [7, 11) is -2.71. The van der Waals surface area contributed by atoms with Gasteiger partial charge < -0.3 is 5.32 Å². The number of sulfonamides is 1. The number of nitrogens with zero attached hydrogens (tertiary/aromatic N) is 1. The summed E-state index contributed by atoms with van der Waals surface area (Å²) in [6, 6.07) is 11.3. The van der Waals surface area contributed by atoms with Crippen LogP contribution in [-0.4, -0.2) is 27.4 Å². The molecule has 25 heavy (non-hydrogen) atoms. The molecule has 0 fully saturated rings. The molecule has 0 aromatic heterocycles. The molecule has 134 valence electrons. The topological polar surface area (TPSA) is 66.5 Å². The molecule has 1 atom stereocenters. The number of hydrogen-bond acceptors (Lipinski definition) is 3. The van der Waals surface area contributed by atoms with E-state index in [1.807, 2.05) is 13.8 Å². The van der Waals surface area contributed by atoms with Crippen molar-refractivity contribution in [2.24, 2.45) is 0 Å². The zero-order chi connectivity index (χ0) is 18.6. The number of carbonyl (C=O) groups is 1. The van der Waals surface area contributed by atoms with E-state index in [4.69, 9.17) is 0 Å². The molecule has 2 aromatic carbocycles. The van der Waals surface area contributed by atoms with Crippen LogP contribution in [0, 0.1) is 5.82 Å². The lowest BCUT2D eigenvalue weighted by Gasteiger charge is -2.20. The Morgan fingerprint density at radius 1 is 1.20 bits per heavy atom. The molecular formula is C18H21FN2O3S. The number of halogens is 1. The maximum atomic E-state index is 13.9. The van der Waals surface area contributed by atoms with Crippen LogP contribution in [0.25, 0.3) is 0 Å². The molecular weight excluding hydrogens is 343 g/mol. The van der Waals surface area contributed by atoms with E-state index in [1.54, 1.807) is 12.1 Å². The fourth-order valence-corrected chi connectivity index (χ4v) is 3.45. The van der Waals surface area contributed by atoms with E-state index in [2.05, 4.69) is 5.32 Å². The number of rotatable bonds is 6. The standard InChI is InChI=1S/C18H21FN2O3S/c1-4-13(2)20-18(22)14-8-7-9-15(12-14)25(23,24)21(3)17-11-6-5-10-16(17)19/h5-13H,4H2,1-3H3,(H,20,22)/t13-/m1/s1. The van der Waals surface area contributed by atoms with Gasteiger partial charge in [0.25, 0.3) is 15.9 Å². The smallest absolute Gasteiger partial charge is 0.264 e. The van der Waals surface area contributed by atoms with Crippen molar-refractivity contribution >= 4 is 21.6 Å². The van der Waals surface area contributed by atoms with Crippen LogP contribution in [0.4, 0.5) is 10.1 Å². The third-order valence-electron chi connectivity index (χ3n) is 3.94. The van der Waals surface area contributed by atoms with Crippen molar-refractivity contribution in [3.8, 4) is 0 Å². The molecule has 0 saturated heterocycles. The van der Waals surface area contributed by atoms with Crippen LogP contribution in [0.2, 0.25) is 0 Å². The average Bonchev–Trinajstić information content (AvgIpc) is 2.61. The molecule has 2 rings (SSSR count). The molecule has 0 radical (unpaired) electrons. The average molecular weight is 364 g/mol. The Kier molecular flexibility index (Phi) is 5.79. The molecule has 0 aliphatic heterocycles. The zero-order valence-corrected chi connectivity index (χ0v) is 15.2. The van der Waals surface area contributed by atoms with Crippen molar-refractivity contribution in [3.63, 3.8) is 0 Å². The lowest BCUT2D eigenvalue weighted by molar-refractivity contribution is 0.0939. The quantitative estimate of drug-likeness (QED) is 0.856. The molecule has 0 spiro atoms. The lowest BCUT2D eigenvalue weighted by Crippen LogP contribution is -2.32. The van der Waals surface area contributed by atoms with E-state index in [-0.39, 0.29) is 28.1 Å². The summed E-state index contributed by atoms with van der Waals surface area (Å²) in [5.74, 6) is -0.987. The molecule has 0 aliphatic rings. The predicted molar refractivity (Wildman–Crippen MR) is 95.7 cm³/mol. The van der Waals surface area contributed by atoms with Crippen LogP contribution in [0.1, 0.15) is 30.6 Å². The normalized spacial score (nSPS) is 12.5. The van der Waals surface area contributed by atoms with Gasteiger partial charge in [-0.05, 0) is 43.7 Å². The molecule has 0 unspecified atom stereocenters. The van der Waals surface area contributed by atoms with Gasteiger partial charge in [0.05, 0.1) is 10.6 Å². The molecule has 7 heteroatoms. The van der Waals surface area contributed by atoms with E-state index in [0.717, 1.165) is 10.7 Å². The number of nitrogens with one attached hydrogen (secondary N) is 1. The minimum atomic E-state index is -3.99. The minimum absolute atomic E-state index is 0.0196. The van der Waals surface area contributed by atoms with E-state index in [9.17, 15) is 17.6 Å². The van der Waals surface area contributed by atoms with Crippen LogP contribution in [0.3, 0.4) is 0 Å². The Balaban J connectivity index is 2.36. The summed E-state index contributed by atoms with van der Waals surface area (Å²) in [5, 5.41) is 2.79. The van der Waals surface area contributed by atoms with Crippen molar-refractivity contribution in [1.29, 1.82) is 0 Å². The second-order valence-electron chi connectivity index (χ2n) is 5.73. The Bertz CT molecular complexity index is 868. The van der Waals surface area contributed by atoms with Crippen molar-refractivity contribution in [2.45, 2.75) is 31.2 Å². The fourth-order valence-electron chi connectivity index (χ4n) is 2.20.